The maximum Gasteiger partial charge on any atom is 0.241 e. The predicted octanol–water partition coefficient (Wildman–Crippen LogP) is 1.000. The van der Waals surface area contributed by atoms with Crippen molar-refractivity contribution in [2.45, 2.75) is 19.3 Å². The van der Waals surface area contributed by atoms with Gasteiger partial charge in [0.25, 0.3) is 0 Å². The van der Waals surface area contributed by atoms with Crippen molar-refractivity contribution in [2.75, 3.05) is 40.8 Å². The Hall–Kier alpha value is -0.530. The smallest absolute Gasteiger partial charge is 0.241 e. The van der Waals surface area contributed by atoms with E-state index in [-0.39, 0.29) is 29.9 Å². The molecule has 1 aliphatic heterocycles. The zero-order chi connectivity index (χ0) is 13.1. The highest BCUT2D eigenvalue weighted by Crippen LogP contribution is 2.41. The average molecular weight is 380 g/mol. The number of aliphatic imine (C=N–C) groups is 1. The maximum absolute atomic E-state index is 11.6. The van der Waals surface area contributed by atoms with Crippen LogP contribution in [-0.4, -0.2) is 62.4 Å². The zero-order valence-electron chi connectivity index (χ0n) is 12.1. The molecular formula is C13H25IN4O. The minimum atomic E-state index is 0. The number of carbonyl (C=O) groups is 1. The van der Waals surface area contributed by atoms with Gasteiger partial charge in [0.2, 0.25) is 5.91 Å². The summed E-state index contributed by atoms with van der Waals surface area (Å²) in [6, 6.07) is 0. The molecule has 0 aromatic carbocycles. The van der Waals surface area contributed by atoms with E-state index >= 15 is 0 Å². The second kappa shape index (κ2) is 7.31. The Morgan fingerprint density at radius 3 is 2.53 bits per heavy atom. The molecule has 0 aromatic heterocycles. The first-order valence-corrected chi connectivity index (χ1v) is 6.77. The highest BCUT2D eigenvalue weighted by atomic mass is 127. The molecule has 1 unspecified atom stereocenters. The third-order valence-electron chi connectivity index (χ3n) is 3.92. The summed E-state index contributed by atoms with van der Waals surface area (Å²) in [5.74, 6) is 2.74. The molecule has 0 spiro atoms. The molecule has 6 heteroatoms. The van der Waals surface area contributed by atoms with E-state index in [1.54, 1.807) is 26.0 Å². The number of nitrogens with one attached hydrogen (secondary N) is 1. The summed E-state index contributed by atoms with van der Waals surface area (Å²) in [4.78, 5) is 19.7. The van der Waals surface area contributed by atoms with E-state index in [2.05, 4.69) is 15.2 Å². The van der Waals surface area contributed by atoms with Crippen molar-refractivity contribution in [2.24, 2.45) is 16.8 Å². The lowest BCUT2D eigenvalue weighted by Gasteiger charge is -2.22. The zero-order valence-corrected chi connectivity index (χ0v) is 14.4. The fourth-order valence-electron chi connectivity index (χ4n) is 2.58. The molecule has 5 nitrogen and oxygen atoms in total. The topological polar surface area (TPSA) is 47.9 Å². The Kier molecular flexibility index (Phi) is 6.35. The monoisotopic (exact) mass is 380 g/mol. The molecule has 1 saturated heterocycles. The first-order valence-electron chi connectivity index (χ1n) is 6.77. The van der Waals surface area contributed by atoms with Crippen LogP contribution in [0.5, 0.6) is 0 Å². The van der Waals surface area contributed by atoms with E-state index in [0.29, 0.717) is 6.54 Å². The predicted molar refractivity (Wildman–Crippen MR) is 87.9 cm³/mol. The molecule has 1 saturated carbocycles. The second-order valence-electron chi connectivity index (χ2n) is 5.52. The van der Waals surface area contributed by atoms with Gasteiger partial charge in [-0.3, -0.25) is 9.79 Å². The largest absolute Gasteiger partial charge is 0.347 e. The van der Waals surface area contributed by atoms with Crippen molar-refractivity contribution in [3.8, 4) is 0 Å². The summed E-state index contributed by atoms with van der Waals surface area (Å²) in [5.41, 5.74) is 0. The number of likely N-dealkylation sites (tertiary alicyclic amines) is 1. The van der Waals surface area contributed by atoms with Gasteiger partial charge in [0.1, 0.15) is 0 Å². The first kappa shape index (κ1) is 16.5. The van der Waals surface area contributed by atoms with Crippen LogP contribution in [0.15, 0.2) is 4.99 Å². The van der Waals surface area contributed by atoms with E-state index in [1.165, 1.54) is 19.3 Å². The number of carbonyl (C=O) groups excluding carboxylic acids is 1. The van der Waals surface area contributed by atoms with Gasteiger partial charge in [-0.1, -0.05) is 0 Å². The average Bonchev–Trinajstić information content (AvgIpc) is 3.09. The number of hydrogen-bond acceptors (Lipinski definition) is 2. The fraction of sp³-hybridized carbons (Fsp3) is 0.846. The van der Waals surface area contributed by atoms with Crippen LogP contribution in [0.4, 0.5) is 0 Å². The number of amides is 1. The van der Waals surface area contributed by atoms with Crippen LogP contribution in [0.2, 0.25) is 0 Å². The fourth-order valence-corrected chi connectivity index (χ4v) is 2.58. The molecule has 0 aromatic rings. The van der Waals surface area contributed by atoms with Crippen molar-refractivity contribution in [1.82, 2.24) is 15.1 Å². The number of hydrogen-bond donors (Lipinski definition) is 1. The maximum atomic E-state index is 11.6. The Balaban J connectivity index is 0.00000180. The number of halogens is 1. The summed E-state index contributed by atoms with van der Waals surface area (Å²) in [6.07, 6.45) is 4.08. The van der Waals surface area contributed by atoms with Crippen molar-refractivity contribution in [1.29, 1.82) is 0 Å². The van der Waals surface area contributed by atoms with Gasteiger partial charge in [0.05, 0.1) is 6.54 Å². The quantitative estimate of drug-likeness (QED) is 0.452. The molecule has 1 aliphatic carbocycles. The van der Waals surface area contributed by atoms with Gasteiger partial charge in [-0.25, -0.2) is 0 Å². The Morgan fingerprint density at radius 2 is 2.00 bits per heavy atom. The molecule has 1 amide bonds. The third kappa shape index (κ3) is 4.50. The summed E-state index contributed by atoms with van der Waals surface area (Å²) in [6.45, 7) is 2.49. The molecule has 0 bridgehead atoms. The van der Waals surface area contributed by atoms with Gasteiger partial charge < -0.3 is 15.1 Å². The Bertz CT molecular complexity index is 342. The first-order chi connectivity index (χ1) is 8.61. The number of likely N-dealkylation sites (N-methyl/N-ethyl adjacent to an activating group) is 1. The lowest BCUT2D eigenvalue weighted by molar-refractivity contribution is -0.127. The van der Waals surface area contributed by atoms with Crippen LogP contribution >= 0.6 is 24.0 Å². The van der Waals surface area contributed by atoms with Crippen molar-refractivity contribution in [3.05, 3.63) is 0 Å². The second-order valence-corrected chi connectivity index (χ2v) is 5.52. The lowest BCUT2D eigenvalue weighted by atomic mass is 10.0. The van der Waals surface area contributed by atoms with Gasteiger partial charge in [-0.05, 0) is 31.1 Å². The molecule has 1 heterocycles. The number of rotatable bonds is 3. The summed E-state index contributed by atoms with van der Waals surface area (Å²) >= 11 is 0. The van der Waals surface area contributed by atoms with E-state index in [0.717, 1.165) is 30.9 Å². The van der Waals surface area contributed by atoms with Crippen LogP contribution < -0.4 is 5.32 Å². The van der Waals surface area contributed by atoms with Crippen molar-refractivity contribution >= 4 is 35.8 Å². The molecular weight excluding hydrogens is 355 g/mol. The van der Waals surface area contributed by atoms with E-state index in [4.69, 9.17) is 0 Å². The molecule has 19 heavy (non-hydrogen) atoms. The molecule has 2 aliphatic rings. The molecule has 1 N–H and O–H groups in total. The number of guanidine groups is 1. The molecule has 2 rings (SSSR count). The van der Waals surface area contributed by atoms with Gasteiger partial charge in [-0.2, -0.15) is 0 Å². The van der Waals surface area contributed by atoms with E-state index < -0.39 is 0 Å². The van der Waals surface area contributed by atoms with Crippen LogP contribution in [-0.2, 0) is 4.79 Å². The Morgan fingerprint density at radius 1 is 1.32 bits per heavy atom. The van der Waals surface area contributed by atoms with Crippen LogP contribution in [0, 0.1) is 11.8 Å². The van der Waals surface area contributed by atoms with Crippen molar-refractivity contribution in [3.63, 3.8) is 0 Å². The molecule has 0 radical (unpaired) electrons. The van der Waals surface area contributed by atoms with E-state index in [9.17, 15) is 4.79 Å². The summed E-state index contributed by atoms with van der Waals surface area (Å²) in [5, 5.41) is 3.16. The SMILES string of the molecule is CN=C(NCC(=O)N(C)C)N1CCC(C2CC2)C1.I. The van der Waals surface area contributed by atoms with E-state index in [1.807, 2.05) is 0 Å². The van der Waals surface area contributed by atoms with Gasteiger partial charge >= 0.3 is 0 Å². The van der Waals surface area contributed by atoms with Gasteiger partial charge in [0.15, 0.2) is 5.96 Å². The normalized spacial score (nSPS) is 23.0. The summed E-state index contributed by atoms with van der Waals surface area (Å²) in [7, 11) is 5.32. The molecule has 1 atom stereocenters. The highest BCUT2D eigenvalue weighted by molar-refractivity contribution is 14.0. The standard InChI is InChI=1S/C13H24N4O.HI/c1-14-13(15-8-12(18)16(2)3)17-7-6-11(9-17)10-4-5-10;/h10-11H,4-9H2,1-3H3,(H,14,15);1H. The van der Waals surface area contributed by atoms with Gasteiger partial charge in [-0.15, -0.1) is 24.0 Å². The minimum absolute atomic E-state index is 0. The van der Waals surface area contributed by atoms with Crippen LogP contribution in [0.25, 0.3) is 0 Å². The molecule has 110 valence electrons. The minimum Gasteiger partial charge on any atom is -0.347 e. The van der Waals surface area contributed by atoms with Gasteiger partial charge in [0, 0.05) is 34.2 Å². The highest BCUT2D eigenvalue weighted by Gasteiger charge is 2.36. The molecule has 2 fully saturated rings. The van der Waals surface area contributed by atoms with Crippen LogP contribution in [0.3, 0.4) is 0 Å². The summed E-state index contributed by atoms with van der Waals surface area (Å²) < 4.78 is 0. The van der Waals surface area contributed by atoms with Crippen molar-refractivity contribution < 1.29 is 4.79 Å². The lowest BCUT2D eigenvalue weighted by Crippen LogP contribution is -2.44. The third-order valence-corrected chi connectivity index (χ3v) is 3.92. The Labute approximate surface area is 132 Å². The van der Waals surface area contributed by atoms with Crippen LogP contribution in [0.1, 0.15) is 19.3 Å². The number of nitrogens with zero attached hydrogens (tertiary/aromatic N) is 3.